The molecule has 0 aliphatic rings. The van der Waals surface area contributed by atoms with Crippen molar-refractivity contribution in [2.75, 3.05) is 12.4 Å². The van der Waals surface area contributed by atoms with Crippen LogP contribution in [0.15, 0.2) is 24.3 Å². The monoisotopic (exact) mass is 343 g/mol. The van der Waals surface area contributed by atoms with Gasteiger partial charge < -0.3 is 10.1 Å². The van der Waals surface area contributed by atoms with Gasteiger partial charge in [-0.3, -0.25) is 4.79 Å². The first kappa shape index (κ1) is 15.8. The lowest BCUT2D eigenvalue weighted by Crippen LogP contribution is -2.13. The van der Waals surface area contributed by atoms with Gasteiger partial charge in [0.1, 0.15) is 5.00 Å². The van der Waals surface area contributed by atoms with Crippen LogP contribution in [-0.2, 0) is 4.74 Å². The molecular formula is C14H11Cl2NO3S. The summed E-state index contributed by atoms with van der Waals surface area (Å²) in [5, 5.41) is 3.79. The molecule has 0 saturated carbocycles. The molecule has 0 aliphatic carbocycles. The Morgan fingerprint density at radius 2 is 1.90 bits per heavy atom. The summed E-state index contributed by atoms with van der Waals surface area (Å²) in [7, 11) is 1.29. The van der Waals surface area contributed by atoms with E-state index in [1.54, 1.807) is 18.2 Å². The minimum Gasteiger partial charge on any atom is -0.465 e. The third kappa shape index (κ3) is 3.56. The van der Waals surface area contributed by atoms with E-state index in [0.29, 0.717) is 26.2 Å². The highest BCUT2D eigenvalue weighted by molar-refractivity contribution is 7.16. The molecule has 1 N–H and O–H groups in total. The molecule has 7 heteroatoms. The van der Waals surface area contributed by atoms with Crippen LogP contribution < -0.4 is 5.32 Å². The van der Waals surface area contributed by atoms with Crippen molar-refractivity contribution in [3.8, 4) is 0 Å². The molecule has 1 aromatic carbocycles. The SMILES string of the molecule is COC(=O)c1cc(C)sc1NC(=O)c1ccc(Cl)c(Cl)c1. The Morgan fingerprint density at radius 1 is 1.19 bits per heavy atom. The van der Waals surface area contributed by atoms with Crippen molar-refractivity contribution < 1.29 is 14.3 Å². The minimum absolute atomic E-state index is 0.292. The van der Waals surface area contributed by atoms with Gasteiger partial charge in [0.25, 0.3) is 5.91 Å². The fourth-order valence-electron chi connectivity index (χ4n) is 1.68. The normalized spacial score (nSPS) is 10.3. The zero-order valence-electron chi connectivity index (χ0n) is 11.2. The number of anilines is 1. The van der Waals surface area contributed by atoms with Crippen LogP contribution in [0.3, 0.4) is 0 Å². The summed E-state index contributed by atoms with van der Waals surface area (Å²) in [5.41, 5.74) is 0.680. The summed E-state index contributed by atoms with van der Waals surface area (Å²) in [6, 6.07) is 6.24. The van der Waals surface area contributed by atoms with Crippen LogP contribution in [0.4, 0.5) is 5.00 Å². The molecule has 1 aromatic heterocycles. The first-order chi connectivity index (χ1) is 9.92. The van der Waals surface area contributed by atoms with Crippen molar-refractivity contribution >= 4 is 51.4 Å². The Balaban J connectivity index is 2.27. The predicted octanol–water partition coefficient (Wildman–Crippen LogP) is 4.40. The summed E-state index contributed by atoms with van der Waals surface area (Å²) in [6.07, 6.45) is 0. The summed E-state index contributed by atoms with van der Waals surface area (Å²) in [4.78, 5) is 24.7. The van der Waals surface area contributed by atoms with Crippen LogP contribution in [0.5, 0.6) is 0 Å². The lowest BCUT2D eigenvalue weighted by atomic mass is 10.2. The Bertz CT molecular complexity index is 712. The Kier molecular flexibility index (Phi) is 4.88. The quantitative estimate of drug-likeness (QED) is 0.840. The molecule has 1 amide bonds. The lowest BCUT2D eigenvalue weighted by Gasteiger charge is -2.06. The average molecular weight is 344 g/mol. The molecule has 0 atom stereocenters. The van der Waals surface area contributed by atoms with Gasteiger partial charge in [0.2, 0.25) is 0 Å². The van der Waals surface area contributed by atoms with E-state index in [2.05, 4.69) is 5.32 Å². The van der Waals surface area contributed by atoms with Gasteiger partial charge in [-0.2, -0.15) is 0 Å². The molecule has 0 saturated heterocycles. The van der Waals surface area contributed by atoms with E-state index in [0.717, 1.165) is 4.88 Å². The largest absolute Gasteiger partial charge is 0.465 e. The minimum atomic E-state index is -0.496. The number of rotatable bonds is 3. The van der Waals surface area contributed by atoms with Gasteiger partial charge in [0.05, 0.1) is 22.7 Å². The van der Waals surface area contributed by atoms with E-state index in [9.17, 15) is 9.59 Å². The highest BCUT2D eigenvalue weighted by Gasteiger charge is 2.18. The van der Waals surface area contributed by atoms with Crippen LogP contribution in [0.1, 0.15) is 25.6 Å². The van der Waals surface area contributed by atoms with E-state index in [1.807, 2.05) is 6.92 Å². The summed E-state index contributed by atoms with van der Waals surface area (Å²) in [6.45, 7) is 1.84. The third-order valence-corrected chi connectivity index (χ3v) is 4.37. The maximum absolute atomic E-state index is 12.2. The highest BCUT2D eigenvalue weighted by atomic mass is 35.5. The number of carbonyl (C=O) groups excluding carboxylic acids is 2. The first-order valence-electron chi connectivity index (χ1n) is 5.87. The number of hydrogen-bond acceptors (Lipinski definition) is 4. The number of hydrogen-bond donors (Lipinski definition) is 1. The number of carbonyl (C=O) groups is 2. The summed E-state index contributed by atoms with van der Waals surface area (Å²) < 4.78 is 4.69. The molecule has 4 nitrogen and oxygen atoms in total. The van der Waals surface area contributed by atoms with Gasteiger partial charge in [-0.15, -0.1) is 11.3 Å². The van der Waals surface area contributed by atoms with E-state index >= 15 is 0 Å². The van der Waals surface area contributed by atoms with E-state index < -0.39 is 5.97 Å². The molecule has 0 spiro atoms. The van der Waals surface area contributed by atoms with Crippen molar-refractivity contribution in [1.29, 1.82) is 0 Å². The lowest BCUT2D eigenvalue weighted by molar-refractivity contribution is 0.0602. The van der Waals surface area contributed by atoms with Crippen molar-refractivity contribution in [3.63, 3.8) is 0 Å². The van der Waals surface area contributed by atoms with E-state index in [-0.39, 0.29) is 5.91 Å². The fraction of sp³-hybridized carbons (Fsp3) is 0.143. The summed E-state index contributed by atoms with van der Waals surface area (Å²) in [5.74, 6) is -0.871. The van der Waals surface area contributed by atoms with E-state index in [1.165, 1.54) is 24.5 Å². The second kappa shape index (κ2) is 6.47. The van der Waals surface area contributed by atoms with Gasteiger partial charge in [-0.05, 0) is 31.2 Å². The molecule has 2 aromatic rings. The van der Waals surface area contributed by atoms with Crippen molar-refractivity contribution in [1.82, 2.24) is 0 Å². The number of amides is 1. The number of esters is 1. The van der Waals surface area contributed by atoms with Gasteiger partial charge in [0.15, 0.2) is 0 Å². The molecule has 1 heterocycles. The number of methoxy groups -OCH3 is 1. The molecule has 0 radical (unpaired) electrons. The number of aryl methyl sites for hydroxylation is 1. The second-order valence-corrected chi connectivity index (χ2v) is 6.25. The third-order valence-electron chi connectivity index (χ3n) is 2.67. The maximum Gasteiger partial charge on any atom is 0.340 e. The predicted molar refractivity (Wildman–Crippen MR) is 84.8 cm³/mol. The molecule has 0 unspecified atom stereocenters. The summed E-state index contributed by atoms with van der Waals surface area (Å²) >= 11 is 13.0. The van der Waals surface area contributed by atoms with Crippen molar-refractivity contribution in [2.24, 2.45) is 0 Å². The number of ether oxygens (including phenoxy) is 1. The standard InChI is InChI=1S/C14H11Cl2NO3S/c1-7-5-9(14(19)20-2)13(21-7)17-12(18)8-3-4-10(15)11(16)6-8/h3-6H,1-2H3,(H,17,18). The van der Waals surface area contributed by atoms with Crippen LogP contribution in [-0.4, -0.2) is 19.0 Å². The Labute approximate surface area is 135 Å². The van der Waals surface area contributed by atoms with Crippen LogP contribution in [0.2, 0.25) is 10.0 Å². The second-order valence-electron chi connectivity index (χ2n) is 4.17. The Morgan fingerprint density at radius 3 is 2.52 bits per heavy atom. The fourth-order valence-corrected chi connectivity index (χ4v) is 2.87. The average Bonchev–Trinajstić information content (AvgIpc) is 2.81. The smallest absolute Gasteiger partial charge is 0.340 e. The molecule has 2 rings (SSSR count). The first-order valence-corrected chi connectivity index (χ1v) is 7.44. The molecule has 0 aliphatic heterocycles. The number of benzene rings is 1. The van der Waals surface area contributed by atoms with Crippen molar-refractivity contribution in [3.05, 3.63) is 50.3 Å². The topological polar surface area (TPSA) is 55.4 Å². The van der Waals surface area contributed by atoms with Crippen molar-refractivity contribution in [2.45, 2.75) is 6.92 Å². The van der Waals surface area contributed by atoms with Crippen LogP contribution in [0, 0.1) is 6.92 Å². The molecule has 0 bridgehead atoms. The number of nitrogens with one attached hydrogen (secondary N) is 1. The van der Waals surface area contributed by atoms with Gasteiger partial charge in [0, 0.05) is 10.4 Å². The molecule has 0 fully saturated rings. The van der Waals surface area contributed by atoms with Gasteiger partial charge in [-0.25, -0.2) is 4.79 Å². The zero-order chi connectivity index (χ0) is 15.6. The van der Waals surface area contributed by atoms with Gasteiger partial charge >= 0.3 is 5.97 Å². The van der Waals surface area contributed by atoms with Gasteiger partial charge in [-0.1, -0.05) is 23.2 Å². The molecular weight excluding hydrogens is 333 g/mol. The molecule has 110 valence electrons. The van der Waals surface area contributed by atoms with Crippen LogP contribution in [0.25, 0.3) is 0 Å². The molecule has 21 heavy (non-hydrogen) atoms. The zero-order valence-corrected chi connectivity index (χ0v) is 13.5. The van der Waals surface area contributed by atoms with Crippen LogP contribution >= 0.6 is 34.5 Å². The number of halogens is 2. The number of thiophene rings is 1. The highest BCUT2D eigenvalue weighted by Crippen LogP contribution is 2.29. The maximum atomic E-state index is 12.2. The van der Waals surface area contributed by atoms with E-state index in [4.69, 9.17) is 27.9 Å². The Hall–Kier alpha value is -1.56.